The molecular formula is C17H13N3O3S. The summed E-state index contributed by atoms with van der Waals surface area (Å²) in [6.07, 6.45) is 1.10. The highest BCUT2D eigenvalue weighted by Crippen LogP contribution is 2.32. The lowest BCUT2D eigenvalue weighted by Gasteiger charge is -2.04. The molecule has 2 aromatic carbocycles. The van der Waals surface area contributed by atoms with Gasteiger partial charge in [0.05, 0.1) is 27.9 Å². The second-order valence-electron chi connectivity index (χ2n) is 5.28. The van der Waals surface area contributed by atoms with Gasteiger partial charge in [-0.15, -0.1) is 0 Å². The summed E-state index contributed by atoms with van der Waals surface area (Å²) < 4.78 is 23.4. The third kappa shape index (κ3) is 2.87. The Morgan fingerprint density at radius 3 is 2.58 bits per heavy atom. The molecule has 0 aliphatic rings. The van der Waals surface area contributed by atoms with Crippen molar-refractivity contribution in [2.75, 3.05) is 6.26 Å². The average molecular weight is 339 g/mol. The van der Waals surface area contributed by atoms with E-state index < -0.39 is 9.84 Å². The zero-order chi connectivity index (χ0) is 17.3. The predicted molar refractivity (Wildman–Crippen MR) is 88.9 cm³/mol. The van der Waals surface area contributed by atoms with Gasteiger partial charge in [0.25, 0.3) is 0 Å². The van der Waals surface area contributed by atoms with Crippen LogP contribution in [-0.4, -0.2) is 30.0 Å². The average Bonchev–Trinajstić information content (AvgIpc) is 3.03. The number of phenols is 1. The van der Waals surface area contributed by atoms with Gasteiger partial charge in [0, 0.05) is 17.4 Å². The van der Waals surface area contributed by atoms with E-state index in [4.69, 9.17) is 0 Å². The molecule has 0 aliphatic carbocycles. The third-order valence-corrected chi connectivity index (χ3v) is 4.70. The Kier molecular flexibility index (Phi) is 3.83. The van der Waals surface area contributed by atoms with Crippen LogP contribution < -0.4 is 0 Å². The number of nitrogens with one attached hydrogen (secondary N) is 1. The van der Waals surface area contributed by atoms with E-state index in [0.29, 0.717) is 28.1 Å². The highest BCUT2D eigenvalue weighted by molar-refractivity contribution is 7.90. The van der Waals surface area contributed by atoms with Crippen molar-refractivity contribution in [3.05, 3.63) is 54.1 Å². The summed E-state index contributed by atoms with van der Waals surface area (Å²) >= 11 is 0. The lowest BCUT2D eigenvalue weighted by Crippen LogP contribution is -1.97. The van der Waals surface area contributed by atoms with Gasteiger partial charge in [-0.1, -0.05) is 18.2 Å². The van der Waals surface area contributed by atoms with Crippen molar-refractivity contribution in [1.29, 1.82) is 5.26 Å². The van der Waals surface area contributed by atoms with Gasteiger partial charge < -0.3 is 5.11 Å². The maximum absolute atomic E-state index is 11.7. The Hall–Kier alpha value is -3.11. The van der Waals surface area contributed by atoms with Crippen molar-refractivity contribution in [2.24, 2.45) is 0 Å². The van der Waals surface area contributed by atoms with Crippen LogP contribution in [0.5, 0.6) is 5.75 Å². The molecule has 0 amide bonds. The van der Waals surface area contributed by atoms with Crippen LogP contribution in [0.2, 0.25) is 0 Å². The molecule has 0 bridgehead atoms. The van der Waals surface area contributed by atoms with Crippen LogP contribution in [0, 0.1) is 11.3 Å². The largest absolute Gasteiger partial charge is 0.507 e. The van der Waals surface area contributed by atoms with Gasteiger partial charge in [-0.05, 0) is 30.3 Å². The highest BCUT2D eigenvalue weighted by atomic mass is 32.2. The smallest absolute Gasteiger partial charge is 0.175 e. The number of benzene rings is 2. The molecule has 6 nitrogen and oxygen atoms in total. The molecule has 24 heavy (non-hydrogen) atoms. The molecule has 3 aromatic rings. The van der Waals surface area contributed by atoms with Gasteiger partial charge in [-0.2, -0.15) is 10.4 Å². The molecule has 0 saturated heterocycles. The molecule has 2 N–H and O–H groups in total. The topological polar surface area (TPSA) is 107 Å². The Morgan fingerprint density at radius 2 is 1.88 bits per heavy atom. The van der Waals surface area contributed by atoms with Crippen molar-refractivity contribution < 1.29 is 13.5 Å². The normalized spacial score (nSPS) is 11.2. The molecule has 0 fully saturated rings. The molecule has 0 aliphatic heterocycles. The fraction of sp³-hybridized carbons (Fsp3) is 0.0588. The van der Waals surface area contributed by atoms with E-state index in [1.165, 1.54) is 18.2 Å². The number of sulfone groups is 1. The number of H-pyrrole nitrogens is 1. The van der Waals surface area contributed by atoms with E-state index in [0.717, 1.165) is 6.26 Å². The number of aromatic nitrogens is 2. The molecule has 1 heterocycles. The molecule has 120 valence electrons. The number of nitriles is 1. The van der Waals surface area contributed by atoms with Crippen molar-refractivity contribution >= 4 is 9.84 Å². The van der Waals surface area contributed by atoms with Gasteiger partial charge in [0.15, 0.2) is 9.84 Å². The number of aromatic hydroxyl groups is 1. The third-order valence-electron chi connectivity index (χ3n) is 3.59. The SMILES string of the molecule is CS(=O)(=O)c1ccc(O)c(-c2cc(-c3ccccc3C#N)[nH]n2)c1. The van der Waals surface area contributed by atoms with E-state index in [1.54, 1.807) is 30.3 Å². The minimum atomic E-state index is -3.40. The number of hydrogen-bond acceptors (Lipinski definition) is 5. The summed E-state index contributed by atoms with van der Waals surface area (Å²) in [5, 5.41) is 26.2. The van der Waals surface area contributed by atoms with Gasteiger partial charge in [-0.3, -0.25) is 5.10 Å². The van der Waals surface area contributed by atoms with E-state index in [1.807, 2.05) is 0 Å². The number of phenolic OH excluding ortho intramolecular Hbond substituents is 1. The molecule has 0 spiro atoms. The van der Waals surface area contributed by atoms with Crippen LogP contribution >= 0.6 is 0 Å². The molecule has 7 heteroatoms. The first-order valence-electron chi connectivity index (χ1n) is 6.98. The molecule has 0 saturated carbocycles. The molecule has 0 radical (unpaired) electrons. The fourth-order valence-corrected chi connectivity index (χ4v) is 3.01. The minimum Gasteiger partial charge on any atom is -0.507 e. The van der Waals surface area contributed by atoms with Crippen molar-refractivity contribution in [2.45, 2.75) is 4.90 Å². The Balaban J connectivity index is 2.11. The van der Waals surface area contributed by atoms with Gasteiger partial charge >= 0.3 is 0 Å². The lowest BCUT2D eigenvalue weighted by atomic mass is 10.0. The predicted octanol–water partition coefficient (Wildman–Crippen LogP) is 2.72. The molecule has 0 unspecified atom stereocenters. The maximum Gasteiger partial charge on any atom is 0.175 e. The molecule has 3 rings (SSSR count). The number of aromatic amines is 1. The monoisotopic (exact) mass is 339 g/mol. The standard InChI is InChI=1S/C17H13N3O3S/c1-24(22,23)12-6-7-17(21)14(8-12)16-9-15(19-20-16)13-5-3-2-4-11(13)10-18/h2-9,21H,1H3,(H,19,20). The summed E-state index contributed by atoms with van der Waals surface area (Å²) in [6, 6.07) is 14.9. The summed E-state index contributed by atoms with van der Waals surface area (Å²) in [4.78, 5) is 0.0947. The fourth-order valence-electron chi connectivity index (χ4n) is 2.36. The van der Waals surface area contributed by atoms with Gasteiger partial charge in [-0.25, -0.2) is 8.42 Å². The quantitative estimate of drug-likeness (QED) is 0.763. The zero-order valence-corrected chi connectivity index (χ0v) is 13.5. The van der Waals surface area contributed by atoms with E-state index in [2.05, 4.69) is 16.3 Å². The lowest BCUT2D eigenvalue weighted by molar-refractivity contribution is 0.476. The van der Waals surface area contributed by atoms with Gasteiger partial charge in [0.1, 0.15) is 5.75 Å². The summed E-state index contributed by atoms with van der Waals surface area (Å²) in [5.74, 6) is -0.0750. The van der Waals surface area contributed by atoms with Crippen LogP contribution in [0.1, 0.15) is 5.56 Å². The van der Waals surface area contributed by atoms with Crippen LogP contribution in [0.15, 0.2) is 53.4 Å². The Bertz CT molecular complexity index is 1060. The molecular weight excluding hydrogens is 326 g/mol. The molecule has 1 aromatic heterocycles. The van der Waals surface area contributed by atoms with E-state index >= 15 is 0 Å². The molecule has 0 atom stereocenters. The van der Waals surface area contributed by atoms with Crippen molar-refractivity contribution in [3.8, 4) is 34.3 Å². The summed E-state index contributed by atoms with van der Waals surface area (Å²) in [7, 11) is -3.40. The Morgan fingerprint density at radius 1 is 1.12 bits per heavy atom. The summed E-state index contributed by atoms with van der Waals surface area (Å²) in [6.45, 7) is 0. The first-order valence-corrected chi connectivity index (χ1v) is 8.87. The van der Waals surface area contributed by atoms with Gasteiger partial charge in [0.2, 0.25) is 0 Å². The van der Waals surface area contributed by atoms with Crippen LogP contribution in [-0.2, 0) is 9.84 Å². The minimum absolute atomic E-state index is 0.0750. The van der Waals surface area contributed by atoms with Crippen molar-refractivity contribution in [3.63, 3.8) is 0 Å². The zero-order valence-electron chi connectivity index (χ0n) is 12.7. The maximum atomic E-state index is 11.7. The Labute approximate surface area is 138 Å². The summed E-state index contributed by atoms with van der Waals surface area (Å²) in [5.41, 5.74) is 2.46. The van der Waals surface area contributed by atoms with Crippen LogP contribution in [0.25, 0.3) is 22.5 Å². The second kappa shape index (κ2) is 5.83. The number of rotatable bonds is 3. The number of hydrogen-bond donors (Lipinski definition) is 2. The van der Waals surface area contributed by atoms with Crippen LogP contribution in [0.3, 0.4) is 0 Å². The van der Waals surface area contributed by atoms with E-state index in [9.17, 15) is 18.8 Å². The number of nitrogens with zero attached hydrogens (tertiary/aromatic N) is 2. The van der Waals surface area contributed by atoms with Crippen LogP contribution in [0.4, 0.5) is 0 Å². The highest BCUT2D eigenvalue weighted by Gasteiger charge is 2.15. The first-order chi connectivity index (χ1) is 11.4. The van der Waals surface area contributed by atoms with Crippen molar-refractivity contribution in [1.82, 2.24) is 10.2 Å². The first kappa shape index (κ1) is 15.8. The van der Waals surface area contributed by atoms with E-state index in [-0.39, 0.29) is 10.6 Å². The second-order valence-corrected chi connectivity index (χ2v) is 7.29.